The number of pyridine rings is 4. The summed E-state index contributed by atoms with van der Waals surface area (Å²) in [7, 11) is 0. The van der Waals surface area contributed by atoms with Gasteiger partial charge in [-0.1, -0.05) is 0 Å². The number of hydrogen-bond donors (Lipinski definition) is 6. The highest BCUT2D eigenvalue weighted by Crippen LogP contribution is 2.39. The van der Waals surface area contributed by atoms with Crippen molar-refractivity contribution < 1.29 is 61.5 Å². The molecule has 84 heavy (non-hydrogen) atoms. The molecule has 5 aromatic rings. The Labute approximate surface area is 484 Å². The van der Waals surface area contributed by atoms with Gasteiger partial charge in [0.05, 0.1) is 76.9 Å². The van der Waals surface area contributed by atoms with Crippen LogP contribution in [0.2, 0.25) is 0 Å². The van der Waals surface area contributed by atoms with Gasteiger partial charge < -0.3 is 52.0 Å². The van der Waals surface area contributed by atoms with Crippen molar-refractivity contribution in [2.24, 2.45) is 43.8 Å². The average molecular weight is 1140 g/mol. The first-order valence-corrected chi connectivity index (χ1v) is 27.8. The first kappa shape index (κ1) is 57.8. The maximum absolute atomic E-state index is 14.7. The van der Waals surface area contributed by atoms with Crippen molar-refractivity contribution in [2.45, 2.75) is 86.2 Å². The molecule has 5 aromatic heterocycles. The van der Waals surface area contributed by atoms with E-state index in [1.54, 1.807) is 38.1 Å². The van der Waals surface area contributed by atoms with E-state index in [2.05, 4.69) is 4.98 Å². The van der Waals surface area contributed by atoms with Crippen LogP contribution in [0.15, 0.2) is 182 Å². The molecule has 1 unspecified atom stereocenters. The second-order valence-corrected chi connectivity index (χ2v) is 20.7. The highest BCUT2D eigenvalue weighted by Gasteiger charge is 2.41. The number of aromatic amines is 1. The zero-order valence-electron chi connectivity index (χ0n) is 47.2. The van der Waals surface area contributed by atoms with E-state index in [0.717, 1.165) is 16.7 Å². The van der Waals surface area contributed by atoms with Gasteiger partial charge in [-0.05, 0) is 73.8 Å². The third-order valence-electron chi connectivity index (χ3n) is 15.0. The number of allylic oxidation sites excluding steroid dienone is 6. The lowest BCUT2D eigenvalue weighted by Crippen LogP contribution is -2.36. The summed E-state index contributed by atoms with van der Waals surface area (Å²) < 4.78 is 31.5. The van der Waals surface area contributed by atoms with E-state index in [-0.39, 0.29) is 73.1 Å². The molecule has 21 heteroatoms. The van der Waals surface area contributed by atoms with E-state index in [1.807, 2.05) is 123 Å². The first-order chi connectivity index (χ1) is 40.7. The highest BCUT2D eigenvalue weighted by molar-refractivity contribution is 6.34. The van der Waals surface area contributed by atoms with Gasteiger partial charge in [0.25, 0.3) is 0 Å². The Morgan fingerprint density at radius 3 is 1.42 bits per heavy atom. The van der Waals surface area contributed by atoms with Gasteiger partial charge in [0.1, 0.15) is 38.1 Å². The summed E-state index contributed by atoms with van der Waals surface area (Å²) in [6.07, 6.45) is 20.0. The molecule has 4 aliphatic heterocycles. The Bertz CT molecular complexity index is 3880. The fourth-order valence-electron chi connectivity index (χ4n) is 10.4. The molecule has 0 radical (unpaired) electrons. The molecule has 0 saturated heterocycles. The van der Waals surface area contributed by atoms with Gasteiger partial charge in [0.2, 0.25) is 0 Å². The number of ether oxygens (including phenoxy) is 4. The molecule has 5 aliphatic rings. The first-order valence-electron chi connectivity index (χ1n) is 27.8. The number of H-pyrrole nitrogens is 1. The maximum atomic E-state index is 14.7. The fraction of sp³-hybridized carbons (Fsp3) is 0.286. The summed E-state index contributed by atoms with van der Waals surface area (Å²) in [5, 5.41) is 13.0. The van der Waals surface area contributed by atoms with Crippen molar-refractivity contribution in [3.63, 3.8) is 0 Å². The summed E-state index contributed by atoms with van der Waals surface area (Å²) in [5.41, 5.74) is 31.0. The van der Waals surface area contributed by atoms with Crippen molar-refractivity contribution in [1.29, 1.82) is 0 Å². The number of nitrogens with one attached hydrogen (secondary N) is 1. The summed E-state index contributed by atoms with van der Waals surface area (Å²) in [6.45, 7) is 9.53. The second-order valence-electron chi connectivity index (χ2n) is 20.7. The number of aliphatic hydroxyl groups excluding tert-OH is 1. The SMILES string of the molecule is CC1=C(CCC(=O)OCc2cc[n+](CCN)cc2)C2=NC1=CC1=NC(=CC3=NC(=Cc4cc5c([nH]4)=C2C(C(=O)OCc2cc[n+](CCN)cc2)C=5O)C(C(=O)OCc2cc[n+](CCN)cc2)=C3C)C(C(=O)OCc2cc[n+](CCN)cc2)=C1C. The Morgan fingerprint density at radius 2 is 0.964 bits per heavy atom. The molecule has 1 atom stereocenters. The van der Waals surface area contributed by atoms with Crippen molar-refractivity contribution in [2.75, 3.05) is 26.2 Å². The molecular weight excluding hydrogens is 1070 g/mol. The van der Waals surface area contributed by atoms with E-state index in [0.29, 0.717) is 119 Å². The summed E-state index contributed by atoms with van der Waals surface area (Å²) in [4.78, 5) is 76.2. The molecule has 9 heterocycles. The lowest BCUT2D eigenvalue weighted by molar-refractivity contribution is -0.694. The van der Waals surface area contributed by atoms with Gasteiger partial charge in [-0.3, -0.25) is 9.59 Å². The minimum atomic E-state index is -1.38. The summed E-state index contributed by atoms with van der Waals surface area (Å²) in [6, 6.07) is 16.5. The molecule has 10 N–H and O–H groups in total. The number of aliphatic hydroxyl groups is 1. The molecule has 0 fully saturated rings. The van der Waals surface area contributed by atoms with E-state index >= 15 is 0 Å². The van der Waals surface area contributed by atoms with Crippen LogP contribution in [0.4, 0.5) is 0 Å². The number of carbonyl (C=O) groups excluding carboxylic acids is 4. The lowest BCUT2D eigenvalue weighted by Gasteiger charge is -2.18. The van der Waals surface area contributed by atoms with Crippen LogP contribution in [-0.2, 0) is 90.7 Å². The summed E-state index contributed by atoms with van der Waals surface area (Å²) >= 11 is 0. The Kier molecular flexibility index (Phi) is 17.8. The number of nitrogens with zero attached hydrogens (tertiary/aromatic N) is 7. The molecule has 0 aromatic carbocycles. The molecule has 21 nitrogen and oxygen atoms in total. The quantitative estimate of drug-likeness (QED) is 0.0327. The number of aliphatic imine (C=N–C) groups is 3. The van der Waals surface area contributed by atoms with Crippen LogP contribution >= 0.6 is 0 Å². The molecule has 8 bridgehead atoms. The predicted octanol–water partition coefficient (Wildman–Crippen LogP) is 1.64. The van der Waals surface area contributed by atoms with Gasteiger partial charge >= 0.3 is 23.9 Å². The third kappa shape index (κ3) is 12.6. The van der Waals surface area contributed by atoms with Gasteiger partial charge in [0, 0.05) is 93.7 Å². The fourth-order valence-corrected chi connectivity index (χ4v) is 10.4. The van der Waals surface area contributed by atoms with Gasteiger partial charge in [-0.2, -0.15) is 0 Å². The number of hydrogen-bond acceptors (Lipinski definition) is 16. The van der Waals surface area contributed by atoms with Crippen molar-refractivity contribution >= 4 is 58.4 Å². The largest absolute Gasteiger partial charge is 0.510 e. The monoisotopic (exact) mass is 1140 g/mol. The normalized spacial score (nSPS) is 16.1. The Morgan fingerprint density at radius 1 is 0.548 bits per heavy atom. The zero-order valence-corrected chi connectivity index (χ0v) is 47.2. The molecule has 10 rings (SSSR count). The molecule has 0 spiro atoms. The molecule has 1 aliphatic carbocycles. The van der Waals surface area contributed by atoms with Crippen LogP contribution in [0.1, 0.15) is 61.6 Å². The van der Waals surface area contributed by atoms with Gasteiger partial charge in [0.15, 0.2) is 75.8 Å². The predicted molar refractivity (Wildman–Crippen MR) is 309 cm³/mol. The smallest absolute Gasteiger partial charge is 0.341 e. The molecule has 0 saturated carbocycles. The molecule has 430 valence electrons. The van der Waals surface area contributed by atoms with Crippen LogP contribution in [0, 0.1) is 5.92 Å². The number of rotatable bonds is 22. The number of aromatic nitrogens is 5. The van der Waals surface area contributed by atoms with E-state index in [4.69, 9.17) is 56.9 Å². The number of carbonyl (C=O) groups is 4. The van der Waals surface area contributed by atoms with Crippen molar-refractivity contribution in [1.82, 2.24) is 4.98 Å². The van der Waals surface area contributed by atoms with Gasteiger partial charge in [-0.25, -0.2) is 42.8 Å². The highest BCUT2D eigenvalue weighted by atomic mass is 16.5. The molecular formula is C63H68N12O9+4. The Balaban J connectivity index is 1.07. The standard InChI is InChI=1S/C63H66N12O9/c1-38-46(4-5-53(76)81-34-41-6-18-72(19-7-41)26-14-64)58-56-57(63(80)84-37-44-12-24-75(25-13-44)29-17-67)60(77)47-30-45(68-59(47)56)31-51-54(61(78)82-35-42-8-20-73(21-9-42)27-15-65)40(3)50(69-51)33-52-55(39(2)49(70-52)32-48(38)71-58)62(79)83-36-43-10-22-74(23-11-43)28-16-66/h6-13,18-25,30-33,57H,4-5,14-17,26-29,34-37,64-67H2,1-3H3/q+2/p+2. The number of esters is 4. The number of nitrogens with two attached hydrogens (primary N) is 4. The van der Waals surface area contributed by atoms with Crippen molar-refractivity contribution in [3.05, 3.63) is 205 Å². The maximum Gasteiger partial charge on any atom is 0.341 e. The molecule has 0 amide bonds. The van der Waals surface area contributed by atoms with E-state index in [1.165, 1.54) is 0 Å². The van der Waals surface area contributed by atoms with Crippen LogP contribution in [-0.4, -0.2) is 77.3 Å². The van der Waals surface area contributed by atoms with Crippen LogP contribution in [0.25, 0.3) is 17.4 Å². The number of fused-ring (bicyclic) bond motifs is 5. The summed E-state index contributed by atoms with van der Waals surface area (Å²) in [5.74, 6) is -4.24. The van der Waals surface area contributed by atoms with Crippen LogP contribution in [0.5, 0.6) is 0 Å². The minimum Gasteiger partial charge on any atom is -0.510 e. The zero-order chi connectivity index (χ0) is 59.0. The lowest BCUT2D eigenvalue weighted by atomic mass is 9.89. The van der Waals surface area contributed by atoms with E-state index in [9.17, 15) is 24.3 Å². The Hall–Kier alpha value is -9.41. The minimum absolute atomic E-state index is 0.0352. The average Bonchev–Trinajstić information content (AvgIpc) is 2.47. The van der Waals surface area contributed by atoms with Crippen LogP contribution in [0.3, 0.4) is 0 Å². The topological polar surface area (TPSA) is 298 Å². The third-order valence-corrected chi connectivity index (χ3v) is 15.0. The van der Waals surface area contributed by atoms with Gasteiger partial charge in [-0.15, -0.1) is 0 Å². The second kappa shape index (κ2) is 25.8. The van der Waals surface area contributed by atoms with Crippen LogP contribution < -0.4 is 51.8 Å². The van der Waals surface area contributed by atoms with E-state index < -0.39 is 29.8 Å². The van der Waals surface area contributed by atoms with Crippen molar-refractivity contribution in [3.8, 4) is 0 Å².